The van der Waals surface area contributed by atoms with E-state index in [1.807, 2.05) is 6.07 Å². The number of carbonyl (C=O) groups is 1. The smallest absolute Gasteiger partial charge is 0.293 e. The Kier molecular flexibility index (Phi) is 4.91. The first-order chi connectivity index (χ1) is 8.49. The average Bonchev–Trinajstić information content (AvgIpc) is 2.76. The van der Waals surface area contributed by atoms with Crippen molar-refractivity contribution in [3.05, 3.63) is 30.5 Å². The van der Waals surface area contributed by atoms with Crippen LogP contribution in [0.15, 0.2) is 35.4 Å². The van der Waals surface area contributed by atoms with Crippen LogP contribution in [0.5, 0.6) is 0 Å². The first-order valence-electron chi connectivity index (χ1n) is 5.31. The third-order valence-corrected chi connectivity index (χ3v) is 3.30. The predicted octanol–water partition coefficient (Wildman–Crippen LogP) is 1.75. The summed E-state index contributed by atoms with van der Waals surface area (Å²) in [6.07, 6.45) is 3.00. The predicted molar refractivity (Wildman–Crippen MR) is 69.1 cm³/mol. The number of rotatable bonds is 3. The molecule has 1 heterocycles. The van der Waals surface area contributed by atoms with E-state index in [-0.39, 0.29) is 0 Å². The van der Waals surface area contributed by atoms with Crippen molar-refractivity contribution in [1.29, 1.82) is 0 Å². The van der Waals surface area contributed by atoms with E-state index < -0.39 is 9.84 Å². The molecule has 1 aromatic heterocycles. The van der Waals surface area contributed by atoms with Gasteiger partial charge in [-0.15, -0.1) is 0 Å². The van der Waals surface area contributed by atoms with Gasteiger partial charge >= 0.3 is 0 Å². The Morgan fingerprint density at radius 1 is 1.33 bits per heavy atom. The van der Waals surface area contributed by atoms with Crippen LogP contribution in [0.2, 0.25) is 0 Å². The Bertz CT molecular complexity index is 616. The van der Waals surface area contributed by atoms with Crippen LogP contribution in [-0.4, -0.2) is 32.7 Å². The number of hydrogen-bond donors (Lipinski definition) is 1. The number of aromatic amines is 1. The standard InChI is InChI=1S/C9H9NO2S.C3H6O2/c1-13(11,12)8-2-3-9-7(6-8)4-5-10-9;1-2-5-3-4/h2-6,10H,1H3;3H,2H2,1H3. The molecular weight excluding hydrogens is 254 g/mol. The summed E-state index contributed by atoms with van der Waals surface area (Å²) in [6.45, 7) is 2.66. The van der Waals surface area contributed by atoms with Gasteiger partial charge in [0.2, 0.25) is 0 Å². The van der Waals surface area contributed by atoms with E-state index in [1.165, 1.54) is 6.26 Å². The minimum atomic E-state index is -3.09. The molecule has 1 N–H and O–H groups in total. The Morgan fingerprint density at radius 3 is 2.56 bits per heavy atom. The number of aromatic nitrogens is 1. The van der Waals surface area contributed by atoms with E-state index in [0.29, 0.717) is 18.0 Å². The van der Waals surface area contributed by atoms with E-state index in [2.05, 4.69) is 9.72 Å². The highest BCUT2D eigenvalue weighted by Crippen LogP contribution is 2.17. The summed E-state index contributed by atoms with van der Waals surface area (Å²) in [5, 5.41) is 0.919. The van der Waals surface area contributed by atoms with Crippen LogP contribution >= 0.6 is 0 Å². The van der Waals surface area contributed by atoms with Gasteiger partial charge in [0.25, 0.3) is 6.47 Å². The van der Waals surface area contributed by atoms with Crippen LogP contribution in [0.25, 0.3) is 10.9 Å². The zero-order valence-corrected chi connectivity index (χ0v) is 11.0. The Labute approximate surface area is 106 Å². The molecule has 0 saturated heterocycles. The molecule has 0 aliphatic heterocycles. The van der Waals surface area contributed by atoms with Gasteiger partial charge in [0.05, 0.1) is 11.5 Å². The van der Waals surface area contributed by atoms with Crippen LogP contribution in [0.1, 0.15) is 6.92 Å². The van der Waals surface area contributed by atoms with Gasteiger partial charge in [-0.1, -0.05) is 0 Å². The first kappa shape index (κ1) is 14.2. The lowest BCUT2D eigenvalue weighted by atomic mass is 10.2. The molecule has 5 nitrogen and oxygen atoms in total. The van der Waals surface area contributed by atoms with Crippen LogP contribution in [-0.2, 0) is 19.4 Å². The van der Waals surface area contributed by atoms with Crippen LogP contribution in [0.4, 0.5) is 0 Å². The van der Waals surface area contributed by atoms with Crippen molar-refractivity contribution < 1.29 is 17.9 Å². The lowest BCUT2D eigenvalue weighted by molar-refractivity contribution is -0.128. The lowest BCUT2D eigenvalue weighted by Crippen LogP contribution is -1.95. The molecule has 0 saturated carbocycles. The molecule has 0 spiro atoms. The Morgan fingerprint density at radius 2 is 2.06 bits per heavy atom. The maximum absolute atomic E-state index is 11.2. The maximum atomic E-state index is 11.2. The first-order valence-corrected chi connectivity index (χ1v) is 7.20. The van der Waals surface area contributed by atoms with Gasteiger partial charge in [-0.25, -0.2) is 8.42 Å². The van der Waals surface area contributed by atoms with E-state index in [1.54, 1.807) is 31.3 Å². The highest BCUT2D eigenvalue weighted by molar-refractivity contribution is 7.90. The van der Waals surface area contributed by atoms with E-state index in [9.17, 15) is 13.2 Å². The number of H-pyrrole nitrogens is 1. The summed E-state index contributed by atoms with van der Waals surface area (Å²) in [4.78, 5) is 12.5. The summed E-state index contributed by atoms with van der Waals surface area (Å²) in [7, 11) is -3.09. The zero-order valence-electron chi connectivity index (χ0n) is 10.2. The normalized spacial score (nSPS) is 10.6. The molecule has 98 valence electrons. The second-order valence-corrected chi connectivity index (χ2v) is 5.57. The van der Waals surface area contributed by atoms with Crippen molar-refractivity contribution in [3.63, 3.8) is 0 Å². The third kappa shape index (κ3) is 3.89. The van der Waals surface area contributed by atoms with Gasteiger partial charge in [0, 0.05) is 23.4 Å². The number of sulfone groups is 1. The Hall–Kier alpha value is -1.82. The van der Waals surface area contributed by atoms with Crippen molar-refractivity contribution in [2.24, 2.45) is 0 Å². The minimum Gasteiger partial charge on any atom is -0.468 e. The van der Waals surface area contributed by atoms with Crippen molar-refractivity contribution >= 4 is 27.2 Å². The maximum Gasteiger partial charge on any atom is 0.293 e. The second kappa shape index (κ2) is 6.20. The molecule has 1 aromatic carbocycles. The summed E-state index contributed by atoms with van der Waals surface area (Å²) in [5.74, 6) is 0. The Balaban J connectivity index is 0.000000280. The molecule has 2 aromatic rings. The average molecular weight is 269 g/mol. The van der Waals surface area contributed by atoms with Gasteiger partial charge in [-0.05, 0) is 31.2 Å². The molecule has 0 amide bonds. The van der Waals surface area contributed by atoms with Gasteiger partial charge in [-0.2, -0.15) is 0 Å². The minimum absolute atomic E-state index is 0.361. The topological polar surface area (TPSA) is 76.2 Å². The van der Waals surface area contributed by atoms with Crippen molar-refractivity contribution in [1.82, 2.24) is 4.98 Å². The quantitative estimate of drug-likeness (QED) is 0.861. The molecule has 0 unspecified atom stereocenters. The van der Waals surface area contributed by atoms with Gasteiger partial charge in [0.1, 0.15) is 0 Å². The highest BCUT2D eigenvalue weighted by atomic mass is 32.2. The van der Waals surface area contributed by atoms with Crippen molar-refractivity contribution in [2.45, 2.75) is 11.8 Å². The van der Waals surface area contributed by atoms with Crippen molar-refractivity contribution in [3.8, 4) is 0 Å². The molecule has 2 rings (SSSR count). The van der Waals surface area contributed by atoms with Crippen LogP contribution in [0.3, 0.4) is 0 Å². The summed E-state index contributed by atoms with van der Waals surface area (Å²) >= 11 is 0. The SMILES string of the molecule is CCOC=O.CS(=O)(=O)c1ccc2[nH]ccc2c1. The molecule has 0 bridgehead atoms. The summed E-state index contributed by atoms with van der Waals surface area (Å²) in [6, 6.07) is 6.89. The highest BCUT2D eigenvalue weighted by Gasteiger charge is 2.07. The van der Waals surface area contributed by atoms with Crippen molar-refractivity contribution in [2.75, 3.05) is 12.9 Å². The van der Waals surface area contributed by atoms with Gasteiger partial charge in [0.15, 0.2) is 9.84 Å². The van der Waals surface area contributed by atoms with E-state index in [0.717, 1.165) is 10.9 Å². The molecular formula is C12H15NO4S. The number of ether oxygens (including phenoxy) is 1. The lowest BCUT2D eigenvalue weighted by Gasteiger charge is -1.97. The number of benzene rings is 1. The number of nitrogens with one attached hydrogen (secondary N) is 1. The fourth-order valence-corrected chi connectivity index (χ4v) is 1.99. The second-order valence-electron chi connectivity index (χ2n) is 3.55. The van der Waals surface area contributed by atoms with Crippen LogP contribution in [0, 0.1) is 0 Å². The van der Waals surface area contributed by atoms with Crippen LogP contribution < -0.4 is 0 Å². The summed E-state index contributed by atoms with van der Waals surface area (Å²) in [5.41, 5.74) is 0.951. The number of fused-ring (bicyclic) bond motifs is 1. The molecule has 18 heavy (non-hydrogen) atoms. The third-order valence-electron chi connectivity index (χ3n) is 2.19. The molecule has 0 atom stereocenters. The zero-order chi connectivity index (χ0) is 13.6. The molecule has 6 heteroatoms. The van der Waals surface area contributed by atoms with Gasteiger partial charge < -0.3 is 9.72 Å². The fraction of sp³-hybridized carbons (Fsp3) is 0.250. The summed E-state index contributed by atoms with van der Waals surface area (Å²) < 4.78 is 26.5. The fourth-order valence-electron chi connectivity index (χ4n) is 1.33. The molecule has 0 radical (unpaired) electrons. The van der Waals surface area contributed by atoms with E-state index >= 15 is 0 Å². The molecule has 0 fully saturated rings. The molecule has 0 aliphatic rings. The number of carbonyl (C=O) groups excluding carboxylic acids is 1. The monoisotopic (exact) mass is 269 g/mol. The number of hydrogen-bond acceptors (Lipinski definition) is 4. The van der Waals surface area contributed by atoms with Gasteiger partial charge in [-0.3, -0.25) is 4.79 Å². The molecule has 0 aliphatic carbocycles. The largest absolute Gasteiger partial charge is 0.468 e. The van der Waals surface area contributed by atoms with E-state index in [4.69, 9.17) is 0 Å².